The Morgan fingerprint density at radius 1 is 1.22 bits per heavy atom. The molecule has 0 atom stereocenters. The van der Waals surface area contributed by atoms with Gasteiger partial charge in [0.25, 0.3) is 0 Å². The zero-order valence-electron chi connectivity index (χ0n) is 6.98. The largest absolute Gasteiger partial charge is 0.0654 e. The maximum atomic E-state index is 2.40. The van der Waals surface area contributed by atoms with E-state index in [1.807, 2.05) is 0 Å². The molecule has 0 heterocycles. The molecule has 55 valence electrons. The molecule has 0 saturated carbocycles. The first kappa shape index (κ1) is 9.00. The van der Waals surface area contributed by atoms with Gasteiger partial charge >= 0.3 is 0 Å². The standard InChI is InChI=1S/C9H19/c1-4-5-6-7-8-9(2)3/h8-9H,4-7H2,1-3H3. The van der Waals surface area contributed by atoms with Crippen molar-refractivity contribution in [2.24, 2.45) is 5.92 Å². The Labute approximate surface area is 59.7 Å². The van der Waals surface area contributed by atoms with E-state index in [0.717, 1.165) is 5.92 Å². The van der Waals surface area contributed by atoms with Crippen molar-refractivity contribution in [3.8, 4) is 0 Å². The molecule has 0 heteroatoms. The summed E-state index contributed by atoms with van der Waals surface area (Å²) >= 11 is 0. The van der Waals surface area contributed by atoms with E-state index in [1.165, 1.54) is 25.7 Å². The van der Waals surface area contributed by atoms with Gasteiger partial charge in [-0.25, -0.2) is 0 Å². The van der Waals surface area contributed by atoms with Gasteiger partial charge in [-0.1, -0.05) is 40.0 Å². The van der Waals surface area contributed by atoms with E-state index in [4.69, 9.17) is 0 Å². The van der Waals surface area contributed by atoms with E-state index in [0.29, 0.717) is 0 Å². The van der Waals surface area contributed by atoms with Crippen LogP contribution in [0.5, 0.6) is 0 Å². The van der Waals surface area contributed by atoms with Crippen LogP contribution in [0.4, 0.5) is 0 Å². The predicted molar refractivity (Wildman–Crippen MR) is 43.3 cm³/mol. The molecule has 0 N–H and O–H groups in total. The van der Waals surface area contributed by atoms with E-state index < -0.39 is 0 Å². The molecular weight excluding hydrogens is 108 g/mol. The minimum Gasteiger partial charge on any atom is -0.0654 e. The number of rotatable bonds is 5. The monoisotopic (exact) mass is 127 g/mol. The molecule has 0 aromatic carbocycles. The smallest absolute Gasteiger partial charge is 0.0360 e. The lowest BCUT2D eigenvalue weighted by atomic mass is 10.1. The molecule has 0 saturated heterocycles. The highest BCUT2D eigenvalue weighted by Gasteiger charge is 1.92. The summed E-state index contributed by atoms with van der Waals surface area (Å²) in [6.07, 6.45) is 7.82. The maximum absolute atomic E-state index is 2.40. The van der Waals surface area contributed by atoms with Crippen molar-refractivity contribution in [1.82, 2.24) is 0 Å². The Hall–Kier alpha value is 0. The summed E-state index contributed by atoms with van der Waals surface area (Å²) in [5.41, 5.74) is 0. The second-order valence-electron chi connectivity index (χ2n) is 2.98. The summed E-state index contributed by atoms with van der Waals surface area (Å²) in [7, 11) is 0. The molecule has 0 bridgehead atoms. The molecule has 0 spiro atoms. The molecule has 0 aromatic rings. The van der Waals surface area contributed by atoms with Gasteiger partial charge in [-0.05, 0) is 18.8 Å². The Bertz CT molecular complexity index is 46.0. The van der Waals surface area contributed by atoms with Crippen LogP contribution in [0.25, 0.3) is 0 Å². The third kappa shape index (κ3) is 8.00. The number of hydrogen-bond donors (Lipinski definition) is 0. The molecule has 0 nitrogen and oxygen atoms in total. The zero-order valence-corrected chi connectivity index (χ0v) is 6.98. The van der Waals surface area contributed by atoms with Crippen LogP contribution < -0.4 is 0 Å². The summed E-state index contributed by atoms with van der Waals surface area (Å²) in [6, 6.07) is 0. The highest BCUT2D eigenvalue weighted by molar-refractivity contribution is 4.67. The second-order valence-corrected chi connectivity index (χ2v) is 2.98. The summed E-state index contributed by atoms with van der Waals surface area (Å²) in [5.74, 6) is 0.779. The summed E-state index contributed by atoms with van der Waals surface area (Å²) in [4.78, 5) is 0. The van der Waals surface area contributed by atoms with Crippen LogP contribution in [0.1, 0.15) is 46.5 Å². The van der Waals surface area contributed by atoms with Crippen LogP contribution in [0.3, 0.4) is 0 Å². The fraction of sp³-hybridized carbons (Fsp3) is 0.889. The molecule has 0 rings (SSSR count). The van der Waals surface area contributed by atoms with E-state index in [2.05, 4.69) is 27.2 Å². The van der Waals surface area contributed by atoms with Crippen molar-refractivity contribution in [3.05, 3.63) is 6.42 Å². The summed E-state index contributed by atoms with van der Waals surface area (Å²) in [5, 5.41) is 0. The van der Waals surface area contributed by atoms with Crippen LogP contribution in [0.15, 0.2) is 0 Å². The maximum Gasteiger partial charge on any atom is -0.0360 e. The molecule has 0 amide bonds. The van der Waals surface area contributed by atoms with Gasteiger partial charge in [-0.2, -0.15) is 0 Å². The molecule has 0 aliphatic heterocycles. The molecular formula is C9H19. The van der Waals surface area contributed by atoms with Gasteiger partial charge in [-0.15, -0.1) is 0 Å². The summed E-state index contributed by atoms with van der Waals surface area (Å²) < 4.78 is 0. The van der Waals surface area contributed by atoms with Crippen LogP contribution >= 0.6 is 0 Å². The normalized spacial score (nSPS) is 10.7. The van der Waals surface area contributed by atoms with E-state index in [9.17, 15) is 0 Å². The van der Waals surface area contributed by atoms with Crippen molar-refractivity contribution in [3.63, 3.8) is 0 Å². The number of unbranched alkanes of at least 4 members (excludes halogenated alkanes) is 3. The minimum absolute atomic E-state index is 0.779. The van der Waals surface area contributed by atoms with Crippen LogP contribution in [-0.2, 0) is 0 Å². The van der Waals surface area contributed by atoms with Gasteiger partial charge in [0.1, 0.15) is 0 Å². The van der Waals surface area contributed by atoms with E-state index >= 15 is 0 Å². The zero-order chi connectivity index (χ0) is 7.11. The predicted octanol–water partition coefficient (Wildman–Crippen LogP) is 3.43. The lowest BCUT2D eigenvalue weighted by Crippen LogP contribution is -1.87. The Morgan fingerprint density at radius 3 is 2.33 bits per heavy atom. The third-order valence-corrected chi connectivity index (χ3v) is 1.45. The SMILES string of the molecule is CCCCC[CH]C(C)C. The third-order valence-electron chi connectivity index (χ3n) is 1.45. The van der Waals surface area contributed by atoms with Crippen molar-refractivity contribution >= 4 is 0 Å². The fourth-order valence-corrected chi connectivity index (χ4v) is 0.846. The Morgan fingerprint density at radius 2 is 1.89 bits per heavy atom. The topological polar surface area (TPSA) is 0 Å². The van der Waals surface area contributed by atoms with Crippen molar-refractivity contribution in [2.75, 3.05) is 0 Å². The summed E-state index contributed by atoms with van der Waals surface area (Å²) in [6.45, 7) is 6.73. The highest BCUT2D eigenvalue weighted by Crippen LogP contribution is 2.07. The fourth-order valence-electron chi connectivity index (χ4n) is 0.846. The highest BCUT2D eigenvalue weighted by atomic mass is 14.0. The average molecular weight is 127 g/mol. The van der Waals surface area contributed by atoms with Crippen LogP contribution in [0.2, 0.25) is 0 Å². The molecule has 0 aromatic heterocycles. The van der Waals surface area contributed by atoms with Gasteiger partial charge in [0.05, 0.1) is 0 Å². The van der Waals surface area contributed by atoms with Crippen LogP contribution in [-0.4, -0.2) is 0 Å². The molecule has 0 aliphatic carbocycles. The quantitative estimate of drug-likeness (QED) is 0.496. The van der Waals surface area contributed by atoms with Crippen molar-refractivity contribution in [1.29, 1.82) is 0 Å². The van der Waals surface area contributed by atoms with Crippen LogP contribution in [0, 0.1) is 12.3 Å². The molecule has 0 unspecified atom stereocenters. The molecule has 0 aliphatic rings. The lowest BCUT2D eigenvalue weighted by molar-refractivity contribution is 0.641. The molecule has 0 fully saturated rings. The number of hydrogen-bond acceptors (Lipinski definition) is 0. The van der Waals surface area contributed by atoms with Gasteiger partial charge in [0.15, 0.2) is 0 Å². The minimum atomic E-state index is 0.779. The lowest BCUT2D eigenvalue weighted by Gasteiger charge is -2.01. The van der Waals surface area contributed by atoms with Gasteiger partial charge in [0.2, 0.25) is 0 Å². The van der Waals surface area contributed by atoms with Crippen molar-refractivity contribution in [2.45, 2.75) is 46.5 Å². The van der Waals surface area contributed by atoms with Crippen molar-refractivity contribution < 1.29 is 0 Å². The first-order valence-corrected chi connectivity index (χ1v) is 4.10. The Balaban J connectivity index is 2.75. The average Bonchev–Trinajstić information content (AvgIpc) is 1.80. The van der Waals surface area contributed by atoms with E-state index in [1.54, 1.807) is 0 Å². The van der Waals surface area contributed by atoms with Gasteiger partial charge < -0.3 is 0 Å². The van der Waals surface area contributed by atoms with Gasteiger partial charge in [0, 0.05) is 0 Å². The van der Waals surface area contributed by atoms with E-state index in [-0.39, 0.29) is 0 Å². The Kier molecular flexibility index (Phi) is 6.12. The molecule has 1 radical (unpaired) electrons. The molecule has 9 heavy (non-hydrogen) atoms. The first-order valence-electron chi connectivity index (χ1n) is 4.10. The second kappa shape index (κ2) is 6.12. The van der Waals surface area contributed by atoms with Gasteiger partial charge in [-0.3, -0.25) is 0 Å². The first-order chi connectivity index (χ1) is 4.27.